The van der Waals surface area contributed by atoms with Crippen molar-refractivity contribution < 1.29 is 14.4 Å². The van der Waals surface area contributed by atoms with Gasteiger partial charge >= 0.3 is 0 Å². The zero-order valence-corrected chi connectivity index (χ0v) is 14.0. The molecule has 0 aromatic heterocycles. The summed E-state index contributed by atoms with van der Waals surface area (Å²) in [6.45, 7) is 1.92. The third-order valence-corrected chi connectivity index (χ3v) is 3.59. The summed E-state index contributed by atoms with van der Waals surface area (Å²) >= 11 is 0. The van der Waals surface area contributed by atoms with Gasteiger partial charge in [-0.15, -0.1) is 0 Å². The Labute approximate surface area is 146 Å². The van der Waals surface area contributed by atoms with Crippen LogP contribution in [0.25, 0.3) is 0 Å². The van der Waals surface area contributed by atoms with E-state index in [0.29, 0.717) is 5.69 Å². The summed E-state index contributed by atoms with van der Waals surface area (Å²) in [5.41, 5.74) is 7.28. The van der Waals surface area contributed by atoms with E-state index in [-0.39, 0.29) is 31.1 Å². The van der Waals surface area contributed by atoms with Crippen molar-refractivity contribution in [3.63, 3.8) is 0 Å². The van der Waals surface area contributed by atoms with Crippen LogP contribution in [-0.4, -0.2) is 17.7 Å². The Morgan fingerprint density at radius 2 is 1.36 bits per heavy atom. The van der Waals surface area contributed by atoms with Crippen LogP contribution in [0.5, 0.6) is 0 Å². The first-order valence-corrected chi connectivity index (χ1v) is 8.01. The van der Waals surface area contributed by atoms with Crippen LogP contribution in [0.4, 0.5) is 5.69 Å². The Kier molecular flexibility index (Phi) is 6.71. The molecule has 2 aromatic rings. The minimum atomic E-state index is -0.415. The van der Waals surface area contributed by atoms with Gasteiger partial charge in [-0.3, -0.25) is 25.2 Å². The maximum absolute atomic E-state index is 11.8. The lowest BCUT2D eigenvalue weighted by molar-refractivity contribution is -0.129. The lowest BCUT2D eigenvalue weighted by Gasteiger charge is -2.09. The van der Waals surface area contributed by atoms with E-state index >= 15 is 0 Å². The van der Waals surface area contributed by atoms with Gasteiger partial charge in [0.15, 0.2) is 0 Å². The molecule has 0 radical (unpaired) electrons. The molecule has 0 fully saturated rings. The Bertz CT molecular complexity index is 745. The second kappa shape index (κ2) is 9.22. The van der Waals surface area contributed by atoms with Gasteiger partial charge in [0, 0.05) is 18.5 Å². The maximum Gasteiger partial charge on any atom is 0.242 e. The van der Waals surface area contributed by atoms with Crippen molar-refractivity contribution in [1.29, 1.82) is 0 Å². The summed E-state index contributed by atoms with van der Waals surface area (Å²) in [6.07, 6.45) is 0.207. The molecule has 0 saturated heterocycles. The number of amides is 3. The SMILES string of the molecule is Cc1ccccc1CC(=O)NNC(=O)CCC(=O)Nc1ccccc1. The predicted octanol–water partition coefficient (Wildman–Crippen LogP) is 2.10. The molecule has 0 bridgehead atoms. The van der Waals surface area contributed by atoms with Crippen LogP contribution >= 0.6 is 0 Å². The number of para-hydroxylation sites is 1. The van der Waals surface area contributed by atoms with Crippen molar-refractivity contribution in [3.8, 4) is 0 Å². The fourth-order valence-corrected chi connectivity index (χ4v) is 2.20. The van der Waals surface area contributed by atoms with E-state index in [4.69, 9.17) is 0 Å². The molecule has 0 spiro atoms. The third-order valence-electron chi connectivity index (χ3n) is 3.59. The number of aryl methyl sites for hydroxylation is 1. The van der Waals surface area contributed by atoms with E-state index in [0.717, 1.165) is 11.1 Å². The topological polar surface area (TPSA) is 87.3 Å². The van der Waals surface area contributed by atoms with E-state index in [2.05, 4.69) is 16.2 Å². The molecule has 0 saturated carbocycles. The molecule has 130 valence electrons. The van der Waals surface area contributed by atoms with E-state index < -0.39 is 5.91 Å². The molecule has 0 atom stereocenters. The number of benzene rings is 2. The monoisotopic (exact) mass is 339 g/mol. The molecular weight excluding hydrogens is 318 g/mol. The maximum atomic E-state index is 11.8. The van der Waals surface area contributed by atoms with E-state index in [1.165, 1.54) is 0 Å². The number of anilines is 1. The average Bonchev–Trinajstić information content (AvgIpc) is 2.61. The number of carbonyl (C=O) groups excluding carboxylic acids is 3. The molecule has 0 aliphatic heterocycles. The molecule has 0 unspecified atom stereocenters. The number of hydrogen-bond donors (Lipinski definition) is 3. The number of hydrazine groups is 1. The van der Waals surface area contributed by atoms with Gasteiger partial charge in [0.2, 0.25) is 17.7 Å². The minimum absolute atomic E-state index is 0.0106. The van der Waals surface area contributed by atoms with Gasteiger partial charge in [0.25, 0.3) is 0 Å². The Hall–Kier alpha value is -3.15. The zero-order valence-electron chi connectivity index (χ0n) is 14.0. The van der Waals surface area contributed by atoms with Crippen LogP contribution in [0.1, 0.15) is 24.0 Å². The quantitative estimate of drug-likeness (QED) is 0.704. The van der Waals surface area contributed by atoms with Crippen LogP contribution < -0.4 is 16.2 Å². The highest BCUT2D eigenvalue weighted by atomic mass is 16.2. The first-order valence-electron chi connectivity index (χ1n) is 8.01. The number of rotatable bonds is 6. The Balaban J connectivity index is 1.67. The molecule has 2 rings (SSSR count). The van der Waals surface area contributed by atoms with Gasteiger partial charge in [0.1, 0.15) is 0 Å². The fraction of sp³-hybridized carbons (Fsp3) is 0.211. The van der Waals surface area contributed by atoms with Gasteiger partial charge in [-0.1, -0.05) is 42.5 Å². The van der Waals surface area contributed by atoms with Crippen molar-refractivity contribution in [2.24, 2.45) is 0 Å². The summed E-state index contributed by atoms with van der Waals surface area (Å²) < 4.78 is 0. The molecule has 0 aliphatic carbocycles. The summed E-state index contributed by atoms with van der Waals surface area (Å²) in [5.74, 6) is -0.981. The fourth-order valence-electron chi connectivity index (χ4n) is 2.20. The van der Waals surface area contributed by atoms with Crippen LogP contribution in [0.3, 0.4) is 0 Å². The van der Waals surface area contributed by atoms with Crippen LogP contribution in [0.2, 0.25) is 0 Å². The average molecular weight is 339 g/mol. The number of hydrogen-bond acceptors (Lipinski definition) is 3. The lowest BCUT2D eigenvalue weighted by atomic mass is 10.1. The number of carbonyl (C=O) groups is 3. The molecule has 0 aliphatic rings. The summed E-state index contributed by atoms with van der Waals surface area (Å²) in [7, 11) is 0. The molecule has 0 heterocycles. The molecule has 3 amide bonds. The zero-order chi connectivity index (χ0) is 18.1. The highest BCUT2D eigenvalue weighted by Crippen LogP contribution is 2.07. The van der Waals surface area contributed by atoms with Gasteiger partial charge in [-0.05, 0) is 30.2 Å². The van der Waals surface area contributed by atoms with E-state index in [1.807, 2.05) is 49.4 Å². The highest BCUT2D eigenvalue weighted by molar-refractivity contribution is 5.93. The van der Waals surface area contributed by atoms with Crippen molar-refractivity contribution in [3.05, 3.63) is 65.7 Å². The van der Waals surface area contributed by atoms with Gasteiger partial charge in [0.05, 0.1) is 6.42 Å². The van der Waals surface area contributed by atoms with E-state index in [9.17, 15) is 14.4 Å². The predicted molar refractivity (Wildman–Crippen MR) is 95.5 cm³/mol. The molecule has 6 nitrogen and oxygen atoms in total. The molecular formula is C19H21N3O3. The Morgan fingerprint density at radius 3 is 2.08 bits per heavy atom. The molecule has 25 heavy (non-hydrogen) atoms. The van der Waals surface area contributed by atoms with Crippen molar-refractivity contribution in [2.75, 3.05) is 5.32 Å². The second-order valence-corrected chi connectivity index (χ2v) is 5.61. The van der Waals surface area contributed by atoms with Gasteiger partial charge < -0.3 is 5.32 Å². The Morgan fingerprint density at radius 1 is 0.760 bits per heavy atom. The third kappa shape index (κ3) is 6.47. The smallest absolute Gasteiger partial charge is 0.242 e. The largest absolute Gasteiger partial charge is 0.326 e. The summed E-state index contributed by atoms with van der Waals surface area (Å²) in [4.78, 5) is 35.3. The normalized spacial score (nSPS) is 9.96. The van der Waals surface area contributed by atoms with Crippen LogP contribution in [0, 0.1) is 6.92 Å². The first kappa shape index (κ1) is 18.2. The molecule has 2 aromatic carbocycles. The van der Waals surface area contributed by atoms with E-state index in [1.54, 1.807) is 12.1 Å². The lowest BCUT2D eigenvalue weighted by Crippen LogP contribution is -2.42. The van der Waals surface area contributed by atoms with Crippen molar-refractivity contribution >= 4 is 23.4 Å². The van der Waals surface area contributed by atoms with Gasteiger partial charge in [-0.2, -0.15) is 0 Å². The molecule has 3 N–H and O–H groups in total. The van der Waals surface area contributed by atoms with Crippen LogP contribution in [-0.2, 0) is 20.8 Å². The first-order chi connectivity index (χ1) is 12.0. The number of nitrogens with one attached hydrogen (secondary N) is 3. The molecule has 6 heteroatoms. The standard InChI is InChI=1S/C19H21N3O3/c1-14-7-5-6-8-15(14)13-19(25)22-21-18(24)12-11-17(23)20-16-9-3-2-4-10-16/h2-10H,11-13H2,1H3,(H,20,23)(H,21,24)(H,22,25). The van der Waals surface area contributed by atoms with Gasteiger partial charge in [-0.25, -0.2) is 0 Å². The second-order valence-electron chi connectivity index (χ2n) is 5.61. The van der Waals surface area contributed by atoms with Crippen molar-refractivity contribution in [1.82, 2.24) is 10.9 Å². The summed E-state index contributed by atoms with van der Waals surface area (Å²) in [5, 5.41) is 2.69. The minimum Gasteiger partial charge on any atom is -0.326 e. The summed E-state index contributed by atoms with van der Waals surface area (Å²) in [6, 6.07) is 16.6. The van der Waals surface area contributed by atoms with Crippen LogP contribution in [0.15, 0.2) is 54.6 Å². The highest BCUT2D eigenvalue weighted by Gasteiger charge is 2.09. The van der Waals surface area contributed by atoms with Crippen molar-refractivity contribution in [2.45, 2.75) is 26.2 Å².